The minimum absolute atomic E-state index is 0.0292. The molecule has 5 N–H and O–H groups in total. The van der Waals surface area contributed by atoms with Crippen molar-refractivity contribution in [2.45, 2.75) is 20.0 Å². The van der Waals surface area contributed by atoms with Crippen LogP contribution in [0.3, 0.4) is 0 Å². The Balaban J connectivity index is 1.51. The molecule has 5 aromatic rings. The van der Waals surface area contributed by atoms with Crippen LogP contribution < -0.4 is 20.6 Å². The highest BCUT2D eigenvalue weighted by molar-refractivity contribution is 5.97. The Bertz CT molecular complexity index is 1820. The third kappa shape index (κ3) is 6.59. The molecule has 1 amide bonds. The minimum Gasteiger partial charge on any atom is -0.457 e. The van der Waals surface area contributed by atoms with Gasteiger partial charge in [-0.15, -0.1) is 0 Å². The Kier molecular flexibility index (Phi) is 8.28. The van der Waals surface area contributed by atoms with Gasteiger partial charge in [0.2, 0.25) is 0 Å². The maximum Gasteiger partial charge on any atom is 0.342 e. The first kappa shape index (κ1) is 28.7. The average molecular weight is 581 g/mol. The maximum absolute atomic E-state index is 13.1. The molecule has 0 atom stereocenters. The van der Waals surface area contributed by atoms with Crippen molar-refractivity contribution in [2.75, 3.05) is 14.1 Å². The van der Waals surface area contributed by atoms with Gasteiger partial charge in [-0.25, -0.2) is 9.78 Å². The molecule has 12 nitrogen and oxygen atoms in total. The normalized spacial score (nSPS) is 10.8. The second-order valence-electron chi connectivity index (χ2n) is 9.71. The zero-order valence-electron chi connectivity index (χ0n) is 23.8. The molecule has 0 aliphatic heterocycles. The fraction of sp³-hybridized carbons (Fsp3) is 0.161. The van der Waals surface area contributed by atoms with Crippen LogP contribution in [-0.2, 0) is 17.8 Å². The number of nitrogens with zero attached hydrogens (tertiary/aromatic N) is 4. The summed E-state index contributed by atoms with van der Waals surface area (Å²) in [5.41, 5.74) is 8.35. The van der Waals surface area contributed by atoms with E-state index in [0.29, 0.717) is 34.6 Å². The molecule has 0 saturated heterocycles. The van der Waals surface area contributed by atoms with E-state index in [2.05, 4.69) is 19.9 Å². The van der Waals surface area contributed by atoms with Crippen molar-refractivity contribution >= 4 is 28.9 Å². The van der Waals surface area contributed by atoms with Crippen LogP contribution >= 0.6 is 0 Å². The number of benzene rings is 3. The van der Waals surface area contributed by atoms with Gasteiger partial charge in [-0.3, -0.25) is 15.9 Å². The summed E-state index contributed by atoms with van der Waals surface area (Å²) in [6.07, 6.45) is 0.601. The number of imidazole rings is 1. The van der Waals surface area contributed by atoms with Crippen molar-refractivity contribution in [2.24, 2.45) is 5.73 Å². The van der Waals surface area contributed by atoms with Gasteiger partial charge in [0.05, 0.1) is 5.56 Å². The monoisotopic (exact) mass is 580 g/mol. The van der Waals surface area contributed by atoms with Crippen LogP contribution in [0.5, 0.6) is 23.4 Å². The molecule has 43 heavy (non-hydrogen) atoms. The van der Waals surface area contributed by atoms with Crippen LogP contribution in [0.2, 0.25) is 0 Å². The van der Waals surface area contributed by atoms with E-state index >= 15 is 0 Å². The molecule has 2 aromatic heterocycles. The number of carbonyl (C=O) groups excluding carboxylic acids is 2. The zero-order valence-corrected chi connectivity index (χ0v) is 23.8. The van der Waals surface area contributed by atoms with Gasteiger partial charge in [0.1, 0.15) is 35.0 Å². The molecule has 12 heteroatoms. The fourth-order valence-corrected chi connectivity index (χ4v) is 4.10. The number of esters is 1. The number of aromatic nitrogens is 4. The lowest BCUT2D eigenvalue weighted by atomic mass is 10.1. The Morgan fingerprint density at radius 2 is 1.72 bits per heavy atom. The summed E-state index contributed by atoms with van der Waals surface area (Å²) in [6, 6.07) is 20.4. The van der Waals surface area contributed by atoms with Crippen LogP contribution in [-0.4, -0.2) is 56.6 Å². The standard InChI is InChI=1S/C31H29N7O5/c1-4-24-34-25-27(35-24)36-31(37-28(25)42-21-12-8-11-20(15-21)29(39)38(2)3)43-23-16-19(26(32)33)13-14-22(23)30(40)41-17-18-9-6-5-7-10-18/h5-16H,4,17H2,1-3H3,(H3,32,33)(H,34,35,36,37)/p+1. The van der Waals surface area contributed by atoms with Crippen LogP contribution in [0.4, 0.5) is 0 Å². The maximum atomic E-state index is 13.1. The van der Waals surface area contributed by atoms with Gasteiger partial charge >= 0.3 is 12.0 Å². The van der Waals surface area contributed by atoms with E-state index in [1.165, 1.54) is 17.0 Å². The van der Waals surface area contributed by atoms with Gasteiger partial charge in [-0.1, -0.05) is 43.3 Å². The zero-order chi connectivity index (χ0) is 30.5. The summed E-state index contributed by atoms with van der Waals surface area (Å²) in [6.45, 7) is 2.00. The summed E-state index contributed by atoms with van der Waals surface area (Å²) < 4.78 is 17.7. The summed E-state index contributed by atoms with van der Waals surface area (Å²) in [7, 11) is 3.34. The van der Waals surface area contributed by atoms with Gasteiger partial charge in [0, 0.05) is 26.1 Å². The first-order valence-electron chi connectivity index (χ1n) is 13.4. The molecule has 0 aliphatic rings. The van der Waals surface area contributed by atoms with Gasteiger partial charge in [0.25, 0.3) is 17.6 Å². The quantitative estimate of drug-likeness (QED) is 0.128. The smallest absolute Gasteiger partial charge is 0.342 e. The molecular formula is C31H30N7O5+. The van der Waals surface area contributed by atoms with Crippen molar-refractivity contribution in [3.05, 3.63) is 101 Å². The molecule has 3 aromatic carbocycles. The third-order valence-corrected chi connectivity index (χ3v) is 6.33. The molecule has 0 fully saturated rings. The van der Waals surface area contributed by atoms with E-state index in [4.69, 9.17) is 25.4 Å². The van der Waals surface area contributed by atoms with Crippen molar-refractivity contribution in [1.82, 2.24) is 24.8 Å². The second kappa shape index (κ2) is 12.4. The minimum atomic E-state index is -0.631. The number of nitrogens with one attached hydrogen (secondary N) is 1. The molecule has 0 bridgehead atoms. The van der Waals surface area contributed by atoms with Crippen LogP contribution in [0.25, 0.3) is 11.2 Å². The van der Waals surface area contributed by atoms with Crippen LogP contribution in [0, 0.1) is 0 Å². The Morgan fingerprint density at radius 1 is 0.930 bits per heavy atom. The van der Waals surface area contributed by atoms with E-state index in [9.17, 15) is 9.59 Å². The number of aryl methyl sites for hydroxylation is 1. The molecule has 0 unspecified atom stereocenters. The molecule has 218 valence electrons. The number of H-pyrrole nitrogens is 1. The number of aromatic amines is 1. The van der Waals surface area contributed by atoms with E-state index in [1.807, 2.05) is 37.3 Å². The number of amides is 1. The topological polar surface area (TPSA) is 171 Å². The highest BCUT2D eigenvalue weighted by Gasteiger charge is 2.21. The molecule has 0 radical (unpaired) electrons. The number of fused-ring (bicyclic) bond motifs is 1. The number of nitrogens with two attached hydrogens (primary N) is 2. The summed E-state index contributed by atoms with van der Waals surface area (Å²) in [5.74, 6) is 0.412. The third-order valence-electron chi connectivity index (χ3n) is 6.33. The summed E-state index contributed by atoms with van der Waals surface area (Å²) in [5, 5.41) is 5.82. The van der Waals surface area contributed by atoms with Gasteiger partial charge in [0.15, 0.2) is 5.65 Å². The Labute approximate surface area is 247 Å². The van der Waals surface area contributed by atoms with E-state index < -0.39 is 5.97 Å². The van der Waals surface area contributed by atoms with Crippen molar-refractivity contribution in [3.8, 4) is 23.4 Å². The van der Waals surface area contributed by atoms with Crippen LogP contribution in [0.1, 0.15) is 44.6 Å². The number of ether oxygens (including phenoxy) is 3. The predicted molar refractivity (Wildman–Crippen MR) is 158 cm³/mol. The molecule has 0 saturated carbocycles. The Morgan fingerprint density at radius 3 is 2.44 bits per heavy atom. The first-order chi connectivity index (χ1) is 20.7. The van der Waals surface area contributed by atoms with Gasteiger partial charge < -0.3 is 24.1 Å². The predicted octanol–water partition coefficient (Wildman–Crippen LogP) is 3.02. The number of hydrogen-bond acceptors (Lipinski definition) is 8. The Hall–Kier alpha value is -5.78. The van der Waals surface area contributed by atoms with Crippen molar-refractivity contribution in [3.63, 3.8) is 0 Å². The highest BCUT2D eigenvalue weighted by Crippen LogP contribution is 2.32. The number of amidine groups is 1. The lowest BCUT2D eigenvalue weighted by Gasteiger charge is -2.13. The van der Waals surface area contributed by atoms with Crippen LogP contribution in [0.15, 0.2) is 72.8 Å². The van der Waals surface area contributed by atoms with Gasteiger partial charge in [-0.2, -0.15) is 9.97 Å². The number of rotatable bonds is 10. The summed E-state index contributed by atoms with van der Waals surface area (Å²) >= 11 is 0. The molecule has 0 aliphatic carbocycles. The van der Waals surface area contributed by atoms with Gasteiger partial charge in [-0.05, 0) is 42.0 Å². The molecule has 0 spiro atoms. The second-order valence-corrected chi connectivity index (χ2v) is 9.71. The lowest BCUT2D eigenvalue weighted by molar-refractivity contribution is -0.114. The molecular weight excluding hydrogens is 550 g/mol. The molecule has 2 heterocycles. The number of carbonyl (C=O) groups is 2. The number of hydrogen-bond donors (Lipinski definition) is 3. The summed E-state index contributed by atoms with van der Waals surface area (Å²) in [4.78, 5) is 43.7. The van der Waals surface area contributed by atoms with E-state index in [1.54, 1.807) is 44.4 Å². The van der Waals surface area contributed by atoms with Crippen molar-refractivity contribution in [1.29, 1.82) is 0 Å². The SMILES string of the molecule is CCc1nc2nc(Oc3cc(C(N)=[NH2+])ccc3C(=O)OCc3ccccc3)nc(Oc3cccc(C(=O)N(C)C)c3)c2[nH]1. The fourth-order valence-electron chi connectivity index (χ4n) is 4.10. The largest absolute Gasteiger partial charge is 0.457 e. The first-order valence-corrected chi connectivity index (χ1v) is 13.4. The van der Waals surface area contributed by atoms with Crippen molar-refractivity contribution < 1.29 is 29.2 Å². The van der Waals surface area contributed by atoms with E-state index in [0.717, 1.165) is 5.56 Å². The average Bonchev–Trinajstić information content (AvgIpc) is 3.44. The lowest BCUT2D eigenvalue weighted by Crippen LogP contribution is -2.46. The highest BCUT2D eigenvalue weighted by atomic mass is 16.5. The van der Waals surface area contributed by atoms with E-state index in [-0.39, 0.29) is 47.2 Å². The molecule has 5 rings (SSSR count).